The molecule has 0 unspecified atom stereocenters. The Balaban J connectivity index is 2.17. The number of hydrogen-bond donors (Lipinski definition) is 2. The van der Waals surface area contributed by atoms with Gasteiger partial charge in [-0.25, -0.2) is 4.79 Å². The molecule has 0 saturated carbocycles. The maximum Gasteiger partial charge on any atom is 0.326 e. The van der Waals surface area contributed by atoms with Gasteiger partial charge in [-0.05, 0) is 25.0 Å². The Morgan fingerprint density at radius 1 is 1.38 bits per heavy atom. The van der Waals surface area contributed by atoms with E-state index >= 15 is 0 Å². The molecule has 1 heterocycles. The Bertz CT molecular complexity index is 659. The van der Waals surface area contributed by atoms with Crippen molar-refractivity contribution in [3.05, 3.63) is 35.6 Å². The number of aryl methyl sites for hydroxylation is 1. The molecule has 1 aromatic carbocycles. The van der Waals surface area contributed by atoms with Crippen molar-refractivity contribution >= 4 is 22.8 Å². The Morgan fingerprint density at radius 3 is 2.76 bits per heavy atom. The fraction of sp³-hybridized carbons (Fsp3) is 0.375. The molecule has 0 fully saturated rings. The quantitative estimate of drug-likeness (QED) is 0.856. The van der Waals surface area contributed by atoms with Gasteiger partial charge in [-0.1, -0.05) is 38.0 Å². The van der Waals surface area contributed by atoms with Crippen molar-refractivity contribution in [1.29, 1.82) is 0 Å². The summed E-state index contributed by atoms with van der Waals surface area (Å²) in [5.41, 5.74) is 1.59. The molecule has 2 N–H and O–H groups in total. The first-order valence-electron chi connectivity index (χ1n) is 7.05. The summed E-state index contributed by atoms with van der Waals surface area (Å²) in [6.45, 7) is 3.87. The number of fused-ring (bicyclic) bond motifs is 1. The van der Waals surface area contributed by atoms with Gasteiger partial charge in [-0.3, -0.25) is 4.79 Å². The van der Waals surface area contributed by atoms with Crippen LogP contribution in [0, 0.1) is 6.92 Å². The zero-order valence-electron chi connectivity index (χ0n) is 12.2. The predicted molar refractivity (Wildman–Crippen MR) is 79.4 cm³/mol. The molecule has 0 aliphatic heterocycles. The van der Waals surface area contributed by atoms with E-state index in [2.05, 4.69) is 5.32 Å². The third-order valence-corrected chi connectivity index (χ3v) is 3.41. The van der Waals surface area contributed by atoms with Gasteiger partial charge in [0.25, 0.3) is 5.91 Å². The lowest BCUT2D eigenvalue weighted by Gasteiger charge is -2.12. The molecule has 2 rings (SSSR count). The molecule has 0 aliphatic carbocycles. The van der Waals surface area contributed by atoms with Crippen LogP contribution in [-0.2, 0) is 4.79 Å². The third kappa shape index (κ3) is 3.42. The molecule has 1 atom stereocenters. The van der Waals surface area contributed by atoms with E-state index in [1.165, 1.54) is 0 Å². The normalized spacial score (nSPS) is 12.3. The molecule has 5 nitrogen and oxygen atoms in total. The number of rotatable bonds is 6. The number of unbranched alkanes of at least 4 members (excludes halogenated alkanes) is 1. The Morgan fingerprint density at radius 2 is 2.14 bits per heavy atom. The Kier molecular flexibility index (Phi) is 4.62. The number of carboxylic acid groups (broad SMARTS) is 1. The first kappa shape index (κ1) is 15.1. The van der Waals surface area contributed by atoms with Gasteiger partial charge in [0.1, 0.15) is 11.6 Å². The first-order valence-corrected chi connectivity index (χ1v) is 7.05. The van der Waals surface area contributed by atoms with Crippen LogP contribution in [0.25, 0.3) is 11.0 Å². The van der Waals surface area contributed by atoms with Crippen molar-refractivity contribution in [1.82, 2.24) is 5.32 Å². The summed E-state index contributed by atoms with van der Waals surface area (Å²) < 4.78 is 5.54. The van der Waals surface area contributed by atoms with Crippen LogP contribution < -0.4 is 5.32 Å². The van der Waals surface area contributed by atoms with Crippen LogP contribution in [0.1, 0.15) is 42.3 Å². The fourth-order valence-corrected chi connectivity index (χ4v) is 2.22. The highest BCUT2D eigenvalue weighted by Crippen LogP contribution is 2.22. The minimum absolute atomic E-state index is 0.141. The summed E-state index contributed by atoms with van der Waals surface area (Å²) in [4.78, 5) is 23.3. The van der Waals surface area contributed by atoms with Crippen LogP contribution in [-0.4, -0.2) is 23.0 Å². The van der Waals surface area contributed by atoms with Gasteiger partial charge in [0.2, 0.25) is 0 Å². The van der Waals surface area contributed by atoms with E-state index in [9.17, 15) is 9.59 Å². The lowest BCUT2D eigenvalue weighted by atomic mass is 10.1. The first-order chi connectivity index (χ1) is 10.0. The molecule has 0 spiro atoms. The van der Waals surface area contributed by atoms with Crippen molar-refractivity contribution < 1.29 is 19.1 Å². The van der Waals surface area contributed by atoms with Crippen LogP contribution in [0.15, 0.2) is 28.7 Å². The number of carbonyl (C=O) groups excluding carboxylic acids is 1. The van der Waals surface area contributed by atoms with Gasteiger partial charge < -0.3 is 14.8 Å². The molecule has 0 aliphatic rings. The van der Waals surface area contributed by atoms with E-state index in [0.717, 1.165) is 23.8 Å². The summed E-state index contributed by atoms with van der Waals surface area (Å²) >= 11 is 0. The summed E-state index contributed by atoms with van der Waals surface area (Å²) in [7, 11) is 0. The smallest absolute Gasteiger partial charge is 0.326 e. The third-order valence-electron chi connectivity index (χ3n) is 3.41. The van der Waals surface area contributed by atoms with E-state index in [1.54, 1.807) is 6.07 Å². The summed E-state index contributed by atoms with van der Waals surface area (Å²) in [5, 5.41) is 12.5. The number of nitrogens with one attached hydrogen (secondary N) is 1. The highest BCUT2D eigenvalue weighted by atomic mass is 16.4. The molecule has 1 aromatic heterocycles. The van der Waals surface area contributed by atoms with Crippen LogP contribution >= 0.6 is 0 Å². The standard InChI is InChI=1S/C16H19NO4/c1-3-4-8-12(16(19)20)17-15(18)13-9-11-7-5-6-10(2)14(11)21-13/h5-7,9,12H,3-4,8H2,1-2H3,(H,17,18)(H,19,20)/t12-/m0/s1. The molecular weight excluding hydrogens is 270 g/mol. The molecule has 0 bridgehead atoms. The second kappa shape index (κ2) is 6.43. The lowest BCUT2D eigenvalue weighted by molar-refractivity contribution is -0.139. The molecule has 21 heavy (non-hydrogen) atoms. The topological polar surface area (TPSA) is 79.5 Å². The van der Waals surface area contributed by atoms with Crippen molar-refractivity contribution in [3.63, 3.8) is 0 Å². The second-order valence-electron chi connectivity index (χ2n) is 5.11. The van der Waals surface area contributed by atoms with E-state index in [1.807, 2.05) is 32.0 Å². The number of aliphatic carboxylic acids is 1. The van der Waals surface area contributed by atoms with E-state index in [0.29, 0.717) is 12.0 Å². The zero-order valence-corrected chi connectivity index (χ0v) is 12.2. The maximum absolute atomic E-state index is 12.1. The molecule has 0 radical (unpaired) electrons. The van der Waals surface area contributed by atoms with Crippen LogP contribution in [0.3, 0.4) is 0 Å². The molecule has 112 valence electrons. The highest BCUT2D eigenvalue weighted by Gasteiger charge is 2.22. The van der Waals surface area contributed by atoms with Gasteiger partial charge in [0.15, 0.2) is 5.76 Å². The molecule has 2 aromatic rings. The van der Waals surface area contributed by atoms with Gasteiger partial charge >= 0.3 is 5.97 Å². The average molecular weight is 289 g/mol. The van der Waals surface area contributed by atoms with Crippen LogP contribution in [0.4, 0.5) is 0 Å². The van der Waals surface area contributed by atoms with E-state index in [-0.39, 0.29) is 5.76 Å². The summed E-state index contributed by atoms with van der Waals surface area (Å²) in [6.07, 6.45) is 2.04. The SMILES string of the molecule is CCCC[C@H](NC(=O)c1cc2cccc(C)c2o1)C(=O)O. The molecule has 1 amide bonds. The minimum atomic E-state index is -1.02. The molecule has 0 saturated heterocycles. The number of para-hydroxylation sites is 1. The average Bonchev–Trinajstić information content (AvgIpc) is 2.88. The number of furan rings is 1. The number of amides is 1. The number of benzene rings is 1. The van der Waals surface area contributed by atoms with Crippen molar-refractivity contribution in [2.24, 2.45) is 0 Å². The van der Waals surface area contributed by atoms with Gasteiger partial charge in [0, 0.05) is 5.39 Å². The fourth-order valence-electron chi connectivity index (χ4n) is 2.22. The van der Waals surface area contributed by atoms with Crippen molar-refractivity contribution in [2.45, 2.75) is 39.2 Å². The highest BCUT2D eigenvalue weighted by molar-refractivity contribution is 5.98. The minimum Gasteiger partial charge on any atom is -0.480 e. The predicted octanol–water partition coefficient (Wildman–Crippen LogP) is 3.11. The van der Waals surface area contributed by atoms with Crippen molar-refractivity contribution in [3.8, 4) is 0 Å². The largest absolute Gasteiger partial charge is 0.480 e. The van der Waals surface area contributed by atoms with Crippen molar-refractivity contribution in [2.75, 3.05) is 0 Å². The number of hydrogen-bond acceptors (Lipinski definition) is 3. The Hall–Kier alpha value is -2.30. The summed E-state index contributed by atoms with van der Waals surface area (Å²) in [6, 6.07) is 6.39. The maximum atomic E-state index is 12.1. The Labute approximate surface area is 122 Å². The van der Waals surface area contributed by atoms with E-state index in [4.69, 9.17) is 9.52 Å². The van der Waals surface area contributed by atoms with Gasteiger partial charge in [-0.15, -0.1) is 0 Å². The second-order valence-corrected chi connectivity index (χ2v) is 5.11. The van der Waals surface area contributed by atoms with Gasteiger partial charge in [0.05, 0.1) is 0 Å². The molecular formula is C16H19NO4. The number of carboxylic acids is 1. The lowest BCUT2D eigenvalue weighted by Crippen LogP contribution is -2.40. The summed E-state index contributed by atoms with van der Waals surface area (Å²) in [5.74, 6) is -1.37. The monoisotopic (exact) mass is 289 g/mol. The van der Waals surface area contributed by atoms with Crippen LogP contribution in [0.2, 0.25) is 0 Å². The van der Waals surface area contributed by atoms with Crippen LogP contribution in [0.5, 0.6) is 0 Å². The van der Waals surface area contributed by atoms with Gasteiger partial charge in [-0.2, -0.15) is 0 Å². The zero-order chi connectivity index (χ0) is 15.4. The van der Waals surface area contributed by atoms with E-state index < -0.39 is 17.9 Å². The number of carbonyl (C=O) groups is 2. The molecule has 5 heteroatoms.